The maximum Gasteiger partial charge on any atom is 0.294 e. The number of ether oxygens (including phenoxy) is 1. The molecule has 0 saturated heterocycles. The number of fused-ring (bicyclic) bond motifs is 1. The summed E-state index contributed by atoms with van der Waals surface area (Å²) in [4.78, 5) is -0.0470. The van der Waals surface area contributed by atoms with E-state index in [1.165, 1.54) is 17.2 Å². The van der Waals surface area contributed by atoms with Gasteiger partial charge in [0.05, 0.1) is 4.90 Å². The Morgan fingerprint density at radius 2 is 1.96 bits per heavy atom. The van der Waals surface area contributed by atoms with E-state index in [1.54, 1.807) is 12.1 Å². The molecule has 0 bridgehead atoms. The Bertz CT molecular complexity index is 840. The Labute approximate surface area is 136 Å². The summed E-state index contributed by atoms with van der Waals surface area (Å²) >= 11 is 0. The second-order valence-electron chi connectivity index (χ2n) is 6.14. The number of hydrogen-bond donors (Lipinski definition) is 1. The minimum Gasteiger partial charge on any atom is -0.490 e. The van der Waals surface area contributed by atoms with Crippen LogP contribution in [-0.4, -0.2) is 19.1 Å². The first-order valence-electron chi connectivity index (χ1n) is 7.68. The van der Waals surface area contributed by atoms with Gasteiger partial charge in [0.15, 0.2) is 0 Å². The molecule has 122 valence electrons. The molecule has 1 aliphatic heterocycles. The molecule has 5 heteroatoms. The van der Waals surface area contributed by atoms with E-state index in [0.717, 1.165) is 36.1 Å². The maximum atomic E-state index is 11.3. The highest BCUT2D eigenvalue weighted by Gasteiger charge is 2.19. The maximum absolute atomic E-state index is 11.3. The molecule has 0 spiro atoms. The van der Waals surface area contributed by atoms with Gasteiger partial charge in [-0.2, -0.15) is 8.42 Å². The van der Waals surface area contributed by atoms with Crippen LogP contribution in [0, 0.1) is 6.92 Å². The van der Waals surface area contributed by atoms with E-state index in [-0.39, 0.29) is 11.0 Å². The standard InChI is InChI=1S/C18H20O4S/c1-12-3-7-17(23(19,20)21)11-15(12)6-4-14-5-8-18-16(10-14)9-13(2)22-18/h3,5,7-8,10-11,13H,4,6,9H2,1-2H3,(H,19,20,21). The van der Waals surface area contributed by atoms with E-state index in [4.69, 9.17) is 4.74 Å². The summed E-state index contributed by atoms with van der Waals surface area (Å²) in [5, 5.41) is 0. The van der Waals surface area contributed by atoms with Gasteiger partial charge in [-0.3, -0.25) is 4.55 Å². The van der Waals surface area contributed by atoms with Crippen molar-refractivity contribution < 1.29 is 17.7 Å². The Morgan fingerprint density at radius 3 is 2.70 bits per heavy atom. The van der Waals surface area contributed by atoms with Crippen molar-refractivity contribution >= 4 is 10.1 Å². The molecule has 4 nitrogen and oxygen atoms in total. The van der Waals surface area contributed by atoms with Crippen molar-refractivity contribution in [3.63, 3.8) is 0 Å². The van der Waals surface area contributed by atoms with Gasteiger partial charge in [-0.25, -0.2) is 0 Å². The van der Waals surface area contributed by atoms with Crippen molar-refractivity contribution in [1.82, 2.24) is 0 Å². The van der Waals surface area contributed by atoms with Crippen LogP contribution in [-0.2, 0) is 29.4 Å². The molecule has 3 rings (SSSR count). The van der Waals surface area contributed by atoms with Crippen LogP contribution in [0.1, 0.15) is 29.2 Å². The highest BCUT2D eigenvalue weighted by Crippen LogP contribution is 2.30. The fraction of sp³-hybridized carbons (Fsp3) is 0.333. The van der Waals surface area contributed by atoms with Crippen molar-refractivity contribution in [2.75, 3.05) is 0 Å². The molecular weight excluding hydrogens is 312 g/mol. The van der Waals surface area contributed by atoms with Crippen molar-refractivity contribution in [3.8, 4) is 5.75 Å². The van der Waals surface area contributed by atoms with Crippen LogP contribution >= 0.6 is 0 Å². The first kappa shape index (κ1) is 16.0. The largest absolute Gasteiger partial charge is 0.490 e. The van der Waals surface area contributed by atoms with Gasteiger partial charge in [-0.15, -0.1) is 0 Å². The normalized spacial score (nSPS) is 16.9. The van der Waals surface area contributed by atoms with Gasteiger partial charge >= 0.3 is 0 Å². The van der Waals surface area contributed by atoms with Gasteiger partial charge in [-0.05, 0) is 67.1 Å². The van der Waals surface area contributed by atoms with E-state index < -0.39 is 10.1 Å². The zero-order valence-electron chi connectivity index (χ0n) is 13.2. The average Bonchev–Trinajstić information content (AvgIpc) is 2.84. The van der Waals surface area contributed by atoms with Crippen molar-refractivity contribution in [3.05, 3.63) is 58.7 Å². The zero-order chi connectivity index (χ0) is 16.6. The minimum atomic E-state index is -4.16. The second-order valence-corrected chi connectivity index (χ2v) is 7.56. The minimum absolute atomic E-state index is 0.0470. The summed E-state index contributed by atoms with van der Waals surface area (Å²) in [7, 11) is -4.16. The third-order valence-corrected chi connectivity index (χ3v) is 5.11. The molecule has 0 fully saturated rings. The summed E-state index contributed by atoms with van der Waals surface area (Å²) < 4.78 is 37.4. The van der Waals surface area contributed by atoms with E-state index in [2.05, 4.69) is 19.1 Å². The number of benzene rings is 2. The molecule has 0 aromatic heterocycles. The first-order chi connectivity index (χ1) is 10.8. The molecule has 2 aromatic carbocycles. The summed E-state index contributed by atoms with van der Waals surface area (Å²) in [6.45, 7) is 4.01. The van der Waals surface area contributed by atoms with Gasteiger partial charge in [0, 0.05) is 6.42 Å². The zero-order valence-corrected chi connectivity index (χ0v) is 14.1. The molecule has 1 heterocycles. The quantitative estimate of drug-likeness (QED) is 0.872. The fourth-order valence-electron chi connectivity index (χ4n) is 2.99. The molecule has 1 aliphatic rings. The first-order valence-corrected chi connectivity index (χ1v) is 9.12. The van der Waals surface area contributed by atoms with Crippen LogP contribution in [0.5, 0.6) is 5.75 Å². The van der Waals surface area contributed by atoms with Gasteiger partial charge < -0.3 is 4.74 Å². The molecular formula is C18H20O4S. The van der Waals surface area contributed by atoms with Gasteiger partial charge in [0.1, 0.15) is 11.9 Å². The topological polar surface area (TPSA) is 63.6 Å². The predicted octanol–water partition coefficient (Wildman–Crippen LogP) is 3.35. The Morgan fingerprint density at radius 1 is 1.17 bits per heavy atom. The van der Waals surface area contributed by atoms with Crippen molar-refractivity contribution in [2.45, 2.75) is 44.1 Å². The number of rotatable bonds is 4. The summed E-state index contributed by atoms with van der Waals surface area (Å²) in [5.74, 6) is 0.964. The summed E-state index contributed by atoms with van der Waals surface area (Å²) in [5.41, 5.74) is 4.40. The monoisotopic (exact) mass is 332 g/mol. The van der Waals surface area contributed by atoms with Crippen molar-refractivity contribution in [2.24, 2.45) is 0 Å². The summed E-state index contributed by atoms with van der Waals surface area (Å²) in [6.07, 6.45) is 2.70. The van der Waals surface area contributed by atoms with Gasteiger partial charge in [0.25, 0.3) is 10.1 Å². The SMILES string of the molecule is Cc1ccc(S(=O)(=O)O)cc1CCc1ccc2c(c1)CC(C)O2. The molecule has 0 amide bonds. The highest BCUT2D eigenvalue weighted by molar-refractivity contribution is 7.85. The lowest BCUT2D eigenvalue weighted by molar-refractivity contribution is 0.254. The lowest BCUT2D eigenvalue weighted by Gasteiger charge is -2.09. The summed E-state index contributed by atoms with van der Waals surface area (Å²) in [6, 6.07) is 11.0. The predicted molar refractivity (Wildman–Crippen MR) is 88.6 cm³/mol. The Kier molecular flexibility index (Phi) is 4.17. The Balaban J connectivity index is 1.78. The van der Waals surface area contributed by atoms with E-state index in [0.29, 0.717) is 0 Å². The van der Waals surface area contributed by atoms with Crippen LogP contribution in [0.25, 0.3) is 0 Å². The van der Waals surface area contributed by atoms with Crippen LogP contribution in [0.3, 0.4) is 0 Å². The lowest BCUT2D eigenvalue weighted by atomic mass is 9.99. The highest BCUT2D eigenvalue weighted by atomic mass is 32.2. The number of aryl methyl sites for hydroxylation is 3. The molecule has 1 N–H and O–H groups in total. The second kappa shape index (κ2) is 5.98. The van der Waals surface area contributed by atoms with Crippen LogP contribution in [0.4, 0.5) is 0 Å². The van der Waals surface area contributed by atoms with Crippen molar-refractivity contribution in [1.29, 1.82) is 0 Å². The molecule has 0 aliphatic carbocycles. The number of hydrogen-bond acceptors (Lipinski definition) is 3. The van der Waals surface area contributed by atoms with Crippen LogP contribution < -0.4 is 4.74 Å². The molecule has 0 radical (unpaired) electrons. The van der Waals surface area contributed by atoms with E-state index >= 15 is 0 Å². The molecule has 0 saturated carbocycles. The van der Waals surface area contributed by atoms with E-state index in [1.807, 2.05) is 13.0 Å². The van der Waals surface area contributed by atoms with E-state index in [9.17, 15) is 13.0 Å². The molecule has 2 aromatic rings. The molecule has 1 atom stereocenters. The smallest absolute Gasteiger partial charge is 0.294 e. The third-order valence-electron chi connectivity index (χ3n) is 4.26. The van der Waals surface area contributed by atoms with Crippen LogP contribution in [0.15, 0.2) is 41.3 Å². The third kappa shape index (κ3) is 3.57. The fourth-order valence-corrected chi connectivity index (χ4v) is 3.52. The Hall–Kier alpha value is -1.85. The van der Waals surface area contributed by atoms with Gasteiger partial charge in [-0.1, -0.05) is 18.2 Å². The van der Waals surface area contributed by atoms with Crippen LogP contribution in [0.2, 0.25) is 0 Å². The molecule has 1 unspecified atom stereocenters. The molecule has 23 heavy (non-hydrogen) atoms. The lowest BCUT2D eigenvalue weighted by Crippen LogP contribution is -2.05. The average molecular weight is 332 g/mol. The van der Waals surface area contributed by atoms with Gasteiger partial charge in [0.2, 0.25) is 0 Å².